The van der Waals surface area contributed by atoms with Gasteiger partial charge in [0.15, 0.2) is 6.61 Å². The van der Waals surface area contributed by atoms with Crippen molar-refractivity contribution in [3.63, 3.8) is 0 Å². The number of methoxy groups -OCH3 is 1. The van der Waals surface area contributed by atoms with Gasteiger partial charge < -0.3 is 14.8 Å². The lowest BCUT2D eigenvalue weighted by atomic mass is 9.85. The van der Waals surface area contributed by atoms with Gasteiger partial charge in [0, 0.05) is 11.8 Å². The number of rotatable bonds is 6. The minimum absolute atomic E-state index is 0.144. The molecule has 1 saturated heterocycles. The zero-order valence-corrected chi connectivity index (χ0v) is 17.4. The highest BCUT2D eigenvalue weighted by atomic mass is 16.5. The maximum absolute atomic E-state index is 12.8. The van der Waals surface area contributed by atoms with Crippen LogP contribution in [0.5, 0.6) is 5.75 Å². The fourth-order valence-electron chi connectivity index (χ4n) is 3.94. The van der Waals surface area contributed by atoms with E-state index in [-0.39, 0.29) is 29.2 Å². The Morgan fingerprint density at radius 3 is 2.38 bits per heavy atom. The average molecular weight is 434 g/mol. The Morgan fingerprint density at radius 1 is 1.00 bits per heavy atom. The quantitative estimate of drug-likeness (QED) is 0.426. The SMILES string of the molecule is COc1cccc(NC(=O)COC(=O)c2cccc(N3C(=O)[C@@H]4CC=CC[C@H]4C3=O)c2)c1. The summed E-state index contributed by atoms with van der Waals surface area (Å²) in [5, 5.41) is 2.62. The molecule has 164 valence electrons. The third-order valence-electron chi connectivity index (χ3n) is 5.54. The van der Waals surface area contributed by atoms with Crippen LogP contribution < -0.4 is 15.0 Å². The zero-order valence-electron chi connectivity index (χ0n) is 17.4. The molecule has 0 bridgehead atoms. The molecule has 2 aromatic carbocycles. The van der Waals surface area contributed by atoms with E-state index in [1.807, 2.05) is 12.2 Å². The number of nitrogens with one attached hydrogen (secondary N) is 1. The van der Waals surface area contributed by atoms with Gasteiger partial charge in [-0.2, -0.15) is 0 Å². The maximum Gasteiger partial charge on any atom is 0.338 e. The number of imide groups is 1. The number of fused-ring (bicyclic) bond motifs is 1. The second-order valence-electron chi connectivity index (χ2n) is 7.57. The molecule has 2 atom stereocenters. The van der Waals surface area contributed by atoms with Crippen LogP contribution in [-0.2, 0) is 19.1 Å². The van der Waals surface area contributed by atoms with Crippen molar-refractivity contribution in [2.75, 3.05) is 23.9 Å². The number of anilines is 2. The molecule has 3 amide bonds. The van der Waals surface area contributed by atoms with Crippen molar-refractivity contribution in [2.24, 2.45) is 11.8 Å². The highest BCUT2D eigenvalue weighted by Crippen LogP contribution is 2.37. The first kappa shape index (κ1) is 21.3. The lowest BCUT2D eigenvalue weighted by Gasteiger charge is -2.15. The van der Waals surface area contributed by atoms with Gasteiger partial charge in [0.05, 0.1) is 30.2 Å². The lowest BCUT2D eigenvalue weighted by molar-refractivity contribution is -0.122. The Labute approximate surface area is 184 Å². The zero-order chi connectivity index (χ0) is 22.7. The van der Waals surface area contributed by atoms with Crippen LogP contribution in [0.25, 0.3) is 0 Å². The normalized spacial score (nSPS) is 19.5. The highest BCUT2D eigenvalue weighted by molar-refractivity contribution is 6.22. The Kier molecular flexibility index (Phi) is 6.02. The van der Waals surface area contributed by atoms with E-state index in [4.69, 9.17) is 9.47 Å². The molecular weight excluding hydrogens is 412 g/mol. The molecule has 1 aliphatic heterocycles. The third kappa shape index (κ3) is 4.25. The molecule has 8 heteroatoms. The summed E-state index contributed by atoms with van der Waals surface area (Å²) in [5.41, 5.74) is 0.976. The van der Waals surface area contributed by atoms with Gasteiger partial charge in [-0.05, 0) is 43.2 Å². The van der Waals surface area contributed by atoms with Crippen molar-refractivity contribution in [1.29, 1.82) is 0 Å². The predicted octanol–water partition coefficient (Wildman–Crippen LogP) is 2.95. The van der Waals surface area contributed by atoms with Crippen molar-refractivity contribution in [2.45, 2.75) is 12.8 Å². The third-order valence-corrected chi connectivity index (χ3v) is 5.54. The number of carbonyl (C=O) groups is 4. The van der Waals surface area contributed by atoms with Gasteiger partial charge >= 0.3 is 5.97 Å². The topological polar surface area (TPSA) is 102 Å². The summed E-state index contributed by atoms with van der Waals surface area (Å²) in [6.45, 7) is -0.488. The Hall–Kier alpha value is -3.94. The van der Waals surface area contributed by atoms with E-state index >= 15 is 0 Å². The van der Waals surface area contributed by atoms with E-state index in [0.29, 0.717) is 30.0 Å². The monoisotopic (exact) mass is 434 g/mol. The summed E-state index contributed by atoms with van der Waals surface area (Å²) in [4.78, 5) is 51.3. The highest BCUT2D eigenvalue weighted by Gasteiger charge is 2.47. The first-order chi connectivity index (χ1) is 15.5. The molecule has 1 N–H and O–H groups in total. The molecule has 1 fully saturated rings. The largest absolute Gasteiger partial charge is 0.497 e. The number of nitrogens with zero attached hydrogens (tertiary/aromatic N) is 1. The molecule has 8 nitrogen and oxygen atoms in total. The molecule has 1 aliphatic carbocycles. The number of benzene rings is 2. The Bertz CT molecular complexity index is 1080. The molecule has 0 spiro atoms. The van der Waals surface area contributed by atoms with Crippen molar-refractivity contribution >= 4 is 35.1 Å². The van der Waals surface area contributed by atoms with Crippen molar-refractivity contribution < 1.29 is 28.7 Å². The number of hydrogen-bond acceptors (Lipinski definition) is 6. The van der Waals surface area contributed by atoms with Crippen LogP contribution in [-0.4, -0.2) is 37.4 Å². The van der Waals surface area contributed by atoms with Crippen LogP contribution in [0.3, 0.4) is 0 Å². The smallest absolute Gasteiger partial charge is 0.338 e. The number of carbonyl (C=O) groups excluding carboxylic acids is 4. The average Bonchev–Trinajstić information content (AvgIpc) is 3.08. The second kappa shape index (κ2) is 9.05. The van der Waals surface area contributed by atoms with Crippen molar-refractivity contribution in [3.05, 3.63) is 66.2 Å². The van der Waals surface area contributed by atoms with E-state index < -0.39 is 18.5 Å². The molecule has 4 rings (SSSR count). The summed E-state index contributed by atoms with van der Waals surface area (Å²) < 4.78 is 10.2. The van der Waals surface area contributed by atoms with E-state index in [1.54, 1.807) is 36.4 Å². The van der Waals surface area contributed by atoms with Crippen molar-refractivity contribution in [3.8, 4) is 5.75 Å². The summed E-state index contributed by atoms with van der Waals surface area (Å²) in [7, 11) is 1.52. The van der Waals surface area contributed by atoms with Crippen LogP contribution >= 0.6 is 0 Å². The lowest BCUT2D eigenvalue weighted by Crippen LogP contribution is -2.31. The van der Waals surface area contributed by atoms with Crippen LogP contribution in [0.1, 0.15) is 23.2 Å². The fourth-order valence-corrected chi connectivity index (χ4v) is 3.94. The van der Waals surface area contributed by atoms with Crippen LogP contribution in [0.2, 0.25) is 0 Å². The van der Waals surface area contributed by atoms with Gasteiger partial charge in [-0.3, -0.25) is 19.3 Å². The first-order valence-corrected chi connectivity index (χ1v) is 10.2. The molecular formula is C24H22N2O6. The van der Waals surface area contributed by atoms with Crippen molar-refractivity contribution in [1.82, 2.24) is 0 Å². The van der Waals surface area contributed by atoms with Gasteiger partial charge in [-0.1, -0.05) is 24.3 Å². The summed E-state index contributed by atoms with van der Waals surface area (Å²) in [5.74, 6) is -1.89. The molecule has 2 aliphatic rings. The molecule has 32 heavy (non-hydrogen) atoms. The molecule has 2 aromatic rings. The van der Waals surface area contributed by atoms with E-state index in [9.17, 15) is 19.2 Å². The molecule has 0 aromatic heterocycles. The minimum atomic E-state index is -0.731. The molecule has 1 heterocycles. The standard InChI is InChI=1S/C24H22N2O6/c1-31-18-9-5-7-16(13-18)25-21(27)14-32-24(30)15-6-4-8-17(12-15)26-22(28)19-10-2-3-11-20(19)23(26)29/h2-9,12-13,19-20H,10-11,14H2,1H3,(H,25,27)/t19-,20-/m1/s1. The van der Waals surface area contributed by atoms with Gasteiger partial charge in [-0.15, -0.1) is 0 Å². The number of amides is 3. The van der Waals surface area contributed by atoms with Gasteiger partial charge in [0.1, 0.15) is 5.75 Å². The van der Waals surface area contributed by atoms with Gasteiger partial charge in [-0.25, -0.2) is 4.79 Å². The summed E-state index contributed by atoms with van der Waals surface area (Å²) in [6, 6.07) is 12.9. The molecule has 0 unspecified atom stereocenters. The fraction of sp³-hybridized carbons (Fsp3) is 0.250. The predicted molar refractivity (Wildman–Crippen MR) is 116 cm³/mol. The minimum Gasteiger partial charge on any atom is -0.497 e. The van der Waals surface area contributed by atoms with Crippen LogP contribution in [0, 0.1) is 11.8 Å². The van der Waals surface area contributed by atoms with Gasteiger partial charge in [0.25, 0.3) is 5.91 Å². The van der Waals surface area contributed by atoms with E-state index in [2.05, 4.69) is 5.32 Å². The van der Waals surface area contributed by atoms with E-state index in [1.165, 1.54) is 19.2 Å². The molecule has 0 saturated carbocycles. The van der Waals surface area contributed by atoms with E-state index in [0.717, 1.165) is 4.90 Å². The summed E-state index contributed by atoms with van der Waals surface area (Å²) in [6.07, 6.45) is 4.91. The maximum atomic E-state index is 12.8. The second-order valence-corrected chi connectivity index (χ2v) is 7.57. The Morgan fingerprint density at radius 2 is 1.69 bits per heavy atom. The number of esters is 1. The number of allylic oxidation sites excluding steroid dienone is 2. The number of hydrogen-bond donors (Lipinski definition) is 1. The van der Waals surface area contributed by atoms with Gasteiger partial charge in [0.2, 0.25) is 11.8 Å². The molecule has 0 radical (unpaired) electrons. The van der Waals surface area contributed by atoms with Crippen LogP contribution in [0.4, 0.5) is 11.4 Å². The first-order valence-electron chi connectivity index (χ1n) is 10.2. The Balaban J connectivity index is 1.40. The number of ether oxygens (including phenoxy) is 2. The van der Waals surface area contributed by atoms with Crippen LogP contribution in [0.15, 0.2) is 60.7 Å². The summed E-state index contributed by atoms with van der Waals surface area (Å²) >= 11 is 0.